The molecule has 2 heterocycles. The molecular weight excluding hydrogens is 206 g/mol. The molecule has 1 unspecified atom stereocenters. The Balaban J connectivity index is 2.10. The van der Waals surface area contributed by atoms with Crippen LogP contribution in [0.1, 0.15) is 19.3 Å². The van der Waals surface area contributed by atoms with E-state index < -0.39 is 5.97 Å². The molecule has 0 amide bonds. The molecule has 1 fully saturated rings. The van der Waals surface area contributed by atoms with Gasteiger partial charge in [0.15, 0.2) is 0 Å². The van der Waals surface area contributed by atoms with Crippen molar-refractivity contribution < 1.29 is 14.6 Å². The Morgan fingerprint density at radius 2 is 2.19 bits per heavy atom. The third-order valence-corrected chi connectivity index (χ3v) is 3.64. The standard InChI is InChI=1S/C12H19NO3/c1-13-5-2-10(12(14)15)8-11(13)9-3-6-16-7-4-9/h8-9,11H,2-7H2,1H3,(H,14,15). The van der Waals surface area contributed by atoms with E-state index in [0.29, 0.717) is 17.9 Å². The summed E-state index contributed by atoms with van der Waals surface area (Å²) in [4.78, 5) is 13.2. The lowest BCUT2D eigenvalue weighted by Crippen LogP contribution is -2.42. The van der Waals surface area contributed by atoms with Gasteiger partial charge in [-0.2, -0.15) is 0 Å². The van der Waals surface area contributed by atoms with Crippen molar-refractivity contribution in [1.29, 1.82) is 0 Å². The summed E-state index contributed by atoms with van der Waals surface area (Å²) in [7, 11) is 2.08. The quantitative estimate of drug-likeness (QED) is 0.765. The van der Waals surface area contributed by atoms with Gasteiger partial charge in [0.05, 0.1) is 0 Å². The Hall–Kier alpha value is -0.870. The first-order valence-corrected chi connectivity index (χ1v) is 5.90. The highest BCUT2D eigenvalue weighted by Crippen LogP contribution is 2.27. The minimum absolute atomic E-state index is 0.281. The molecule has 1 atom stereocenters. The first kappa shape index (κ1) is 11.6. The smallest absolute Gasteiger partial charge is 0.331 e. The molecule has 2 rings (SSSR count). The number of aliphatic carboxylic acids is 1. The van der Waals surface area contributed by atoms with Gasteiger partial charge in [0.1, 0.15) is 0 Å². The minimum atomic E-state index is -0.759. The fourth-order valence-electron chi connectivity index (χ4n) is 2.59. The second-order valence-corrected chi connectivity index (χ2v) is 4.67. The van der Waals surface area contributed by atoms with Gasteiger partial charge in [-0.3, -0.25) is 4.90 Å². The largest absolute Gasteiger partial charge is 0.478 e. The Bertz CT molecular complexity index is 295. The average Bonchev–Trinajstić information content (AvgIpc) is 2.30. The highest BCUT2D eigenvalue weighted by atomic mass is 16.5. The molecule has 4 nitrogen and oxygen atoms in total. The molecule has 0 saturated carbocycles. The van der Waals surface area contributed by atoms with E-state index in [1.54, 1.807) is 0 Å². The van der Waals surface area contributed by atoms with E-state index in [4.69, 9.17) is 9.84 Å². The van der Waals surface area contributed by atoms with Crippen LogP contribution < -0.4 is 0 Å². The van der Waals surface area contributed by atoms with Gasteiger partial charge in [0.25, 0.3) is 0 Å². The van der Waals surface area contributed by atoms with Crippen molar-refractivity contribution in [2.24, 2.45) is 5.92 Å². The van der Waals surface area contributed by atoms with Gasteiger partial charge in [-0.25, -0.2) is 4.79 Å². The van der Waals surface area contributed by atoms with Crippen LogP contribution in [0.3, 0.4) is 0 Å². The molecule has 0 aliphatic carbocycles. The molecule has 1 N–H and O–H groups in total. The van der Waals surface area contributed by atoms with Crippen molar-refractivity contribution in [2.45, 2.75) is 25.3 Å². The SMILES string of the molecule is CN1CCC(C(=O)O)=CC1C1CCOCC1. The molecule has 0 aromatic carbocycles. The molecule has 2 aliphatic heterocycles. The number of carboxylic acid groups (broad SMARTS) is 1. The number of carboxylic acids is 1. The van der Waals surface area contributed by atoms with E-state index in [1.165, 1.54) is 0 Å². The predicted octanol–water partition coefficient (Wildman–Crippen LogP) is 1.13. The van der Waals surface area contributed by atoms with Gasteiger partial charge in [-0.1, -0.05) is 6.08 Å². The van der Waals surface area contributed by atoms with Gasteiger partial charge >= 0.3 is 5.97 Å². The van der Waals surface area contributed by atoms with Crippen LogP contribution in [0.15, 0.2) is 11.6 Å². The topological polar surface area (TPSA) is 49.8 Å². The zero-order valence-corrected chi connectivity index (χ0v) is 9.69. The van der Waals surface area contributed by atoms with Crippen LogP contribution >= 0.6 is 0 Å². The van der Waals surface area contributed by atoms with Crippen molar-refractivity contribution in [3.05, 3.63) is 11.6 Å². The molecule has 16 heavy (non-hydrogen) atoms. The van der Waals surface area contributed by atoms with Crippen LogP contribution in [0, 0.1) is 5.92 Å². The molecule has 0 bridgehead atoms. The Morgan fingerprint density at radius 1 is 1.50 bits per heavy atom. The maximum Gasteiger partial charge on any atom is 0.331 e. The maximum absolute atomic E-state index is 11.0. The van der Waals surface area contributed by atoms with Gasteiger partial charge in [-0.05, 0) is 32.2 Å². The van der Waals surface area contributed by atoms with Crippen LogP contribution in [-0.2, 0) is 9.53 Å². The van der Waals surface area contributed by atoms with Crippen molar-refractivity contribution in [2.75, 3.05) is 26.8 Å². The van der Waals surface area contributed by atoms with Gasteiger partial charge in [0.2, 0.25) is 0 Å². The summed E-state index contributed by atoms with van der Waals surface area (Å²) in [6.07, 6.45) is 4.68. The predicted molar refractivity (Wildman–Crippen MR) is 60.3 cm³/mol. The zero-order valence-electron chi connectivity index (χ0n) is 9.69. The molecule has 0 radical (unpaired) electrons. The second kappa shape index (κ2) is 4.97. The van der Waals surface area contributed by atoms with E-state index >= 15 is 0 Å². The third-order valence-electron chi connectivity index (χ3n) is 3.64. The molecule has 2 aliphatic rings. The molecule has 0 aromatic heterocycles. The second-order valence-electron chi connectivity index (χ2n) is 4.67. The molecule has 1 saturated heterocycles. The monoisotopic (exact) mass is 225 g/mol. The van der Waals surface area contributed by atoms with Crippen molar-refractivity contribution in [3.8, 4) is 0 Å². The average molecular weight is 225 g/mol. The van der Waals surface area contributed by atoms with Gasteiger partial charge in [-0.15, -0.1) is 0 Å². The highest BCUT2D eigenvalue weighted by molar-refractivity contribution is 5.86. The number of ether oxygens (including phenoxy) is 1. The summed E-state index contributed by atoms with van der Waals surface area (Å²) in [5, 5.41) is 9.03. The lowest BCUT2D eigenvalue weighted by Gasteiger charge is -2.37. The summed E-state index contributed by atoms with van der Waals surface area (Å²) < 4.78 is 5.34. The number of likely N-dealkylation sites (N-methyl/N-ethyl adjacent to an activating group) is 1. The van der Waals surface area contributed by atoms with Crippen LogP contribution in [0.2, 0.25) is 0 Å². The lowest BCUT2D eigenvalue weighted by atomic mass is 9.87. The van der Waals surface area contributed by atoms with Gasteiger partial charge < -0.3 is 9.84 Å². The molecule has 90 valence electrons. The van der Waals surface area contributed by atoms with E-state index in [-0.39, 0.29) is 6.04 Å². The summed E-state index contributed by atoms with van der Waals surface area (Å²) in [6.45, 7) is 2.47. The van der Waals surface area contributed by atoms with Crippen LogP contribution in [0.25, 0.3) is 0 Å². The van der Waals surface area contributed by atoms with Crippen LogP contribution in [0.5, 0.6) is 0 Å². The van der Waals surface area contributed by atoms with E-state index in [1.807, 2.05) is 6.08 Å². The van der Waals surface area contributed by atoms with Crippen LogP contribution in [0.4, 0.5) is 0 Å². The summed E-state index contributed by atoms with van der Waals surface area (Å²) in [5.74, 6) is -0.210. The normalized spacial score (nSPS) is 28.8. The molecule has 0 aromatic rings. The Morgan fingerprint density at radius 3 is 2.81 bits per heavy atom. The zero-order chi connectivity index (χ0) is 11.5. The third kappa shape index (κ3) is 2.44. The van der Waals surface area contributed by atoms with Crippen LogP contribution in [-0.4, -0.2) is 48.8 Å². The maximum atomic E-state index is 11.0. The summed E-state index contributed by atoms with van der Waals surface area (Å²) >= 11 is 0. The first-order valence-electron chi connectivity index (χ1n) is 5.90. The van der Waals surface area contributed by atoms with Crippen molar-refractivity contribution in [3.63, 3.8) is 0 Å². The van der Waals surface area contributed by atoms with E-state index in [2.05, 4.69) is 11.9 Å². The lowest BCUT2D eigenvalue weighted by molar-refractivity contribution is -0.133. The van der Waals surface area contributed by atoms with Crippen molar-refractivity contribution >= 4 is 5.97 Å². The minimum Gasteiger partial charge on any atom is -0.478 e. The van der Waals surface area contributed by atoms with Gasteiger partial charge in [0, 0.05) is 31.4 Å². The fourth-order valence-corrected chi connectivity index (χ4v) is 2.59. The summed E-state index contributed by atoms with van der Waals surface area (Å²) in [6, 6.07) is 0.281. The Labute approximate surface area is 95.9 Å². The molecule has 4 heteroatoms. The van der Waals surface area contributed by atoms with E-state index in [9.17, 15) is 4.79 Å². The van der Waals surface area contributed by atoms with E-state index in [0.717, 1.165) is 32.6 Å². The molecular formula is C12H19NO3. The number of hydrogen-bond acceptors (Lipinski definition) is 3. The number of nitrogens with zero attached hydrogens (tertiary/aromatic N) is 1. The number of carbonyl (C=O) groups is 1. The number of rotatable bonds is 2. The fraction of sp³-hybridized carbons (Fsp3) is 0.750. The molecule has 0 spiro atoms. The number of hydrogen-bond donors (Lipinski definition) is 1. The Kier molecular flexibility index (Phi) is 3.61. The van der Waals surface area contributed by atoms with Crippen molar-refractivity contribution in [1.82, 2.24) is 4.90 Å². The highest BCUT2D eigenvalue weighted by Gasteiger charge is 2.29. The first-order chi connectivity index (χ1) is 7.68. The summed E-state index contributed by atoms with van der Waals surface area (Å²) in [5.41, 5.74) is 0.578.